The molecule has 2 aromatic carbocycles. The predicted molar refractivity (Wildman–Crippen MR) is 104 cm³/mol. The Balaban J connectivity index is 1.83. The Kier molecular flexibility index (Phi) is 5.80. The van der Waals surface area contributed by atoms with Crippen molar-refractivity contribution in [3.05, 3.63) is 59.2 Å². The number of halogens is 2. The molecule has 1 aliphatic heterocycles. The van der Waals surface area contributed by atoms with Crippen LogP contribution in [0.3, 0.4) is 0 Å². The van der Waals surface area contributed by atoms with Crippen molar-refractivity contribution < 1.29 is 31.5 Å². The van der Waals surface area contributed by atoms with Crippen LogP contribution < -0.4 is 10.1 Å². The number of hydrogen-bond acceptors (Lipinski definition) is 5. The summed E-state index contributed by atoms with van der Waals surface area (Å²) in [6.45, 7) is 1.85. The molecular weight excluding hydrogens is 418 g/mol. The first kappa shape index (κ1) is 21.7. The van der Waals surface area contributed by atoms with Crippen molar-refractivity contribution in [1.29, 1.82) is 0 Å². The molecule has 0 bridgehead atoms. The number of rotatable bonds is 6. The van der Waals surface area contributed by atoms with Crippen LogP contribution in [0.25, 0.3) is 0 Å². The number of sulfonamides is 1. The number of fused-ring (bicyclic) bond motifs is 1. The summed E-state index contributed by atoms with van der Waals surface area (Å²) in [6.07, 6.45) is 0. The van der Waals surface area contributed by atoms with E-state index in [0.717, 1.165) is 4.31 Å². The Labute approximate surface area is 172 Å². The van der Waals surface area contributed by atoms with Crippen LogP contribution in [0.15, 0.2) is 47.4 Å². The van der Waals surface area contributed by atoms with E-state index in [-0.39, 0.29) is 21.8 Å². The molecule has 0 saturated heterocycles. The van der Waals surface area contributed by atoms with E-state index in [1.165, 1.54) is 36.4 Å². The van der Waals surface area contributed by atoms with E-state index < -0.39 is 40.5 Å². The van der Waals surface area contributed by atoms with Gasteiger partial charge in [-0.1, -0.05) is 12.1 Å². The van der Waals surface area contributed by atoms with E-state index in [9.17, 15) is 26.8 Å². The summed E-state index contributed by atoms with van der Waals surface area (Å²) in [4.78, 5) is 24.8. The highest BCUT2D eigenvalue weighted by Gasteiger charge is 2.42. The van der Waals surface area contributed by atoms with Gasteiger partial charge in [-0.3, -0.25) is 9.59 Å². The number of nitrogens with zero attached hydrogens (tertiary/aromatic N) is 1. The number of amides is 2. The van der Waals surface area contributed by atoms with E-state index in [1.807, 2.05) is 0 Å². The molecule has 3 rings (SSSR count). The minimum absolute atomic E-state index is 0.0187. The Hall–Kier alpha value is -3.01. The third-order valence-electron chi connectivity index (χ3n) is 4.61. The first-order valence-electron chi connectivity index (χ1n) is 9.11. The van der Waals surface area contributed by atoms with E-state index in [4.69, 9.17) is 0 Å². The monoisotopic (exact) mass is 438 g/mol. The summed E-state index contributed by atoms with van der Waals surface area (Å²) in [5.74, 6) is -1.24. The molecule has 160 valence electrons. The van der Waals surface area contributed by atoms with Crippen LogP contribution in [0.1, 0.15) is 53.1 Å². The summed E-state index contributed by atoms with van der Waals surface area (Å²) in [7, 11) is -4.03. The minimum atomic E-state index is -4.03. The summed E-state index contributed by atoms with van der Waals surface area (Å²) >= 11 is 0. The normalized spacial score (nSPS) is 16.0. The zero-order chi connectivity index (χ0) is 22.2. The smallest absolute Gasteiger partial charge is 0.387 e. The highest BCUT2D eigenvalue weighted by Crippen LogP contribution is 2.32. The van der Waals surface area contributed by atoms with Gasteiger partial charge in [0.05, 0.1) is 11.6 Å². The van der Waals surface area contributed by atoms with Crippen molar-refractivity contribution in [2.75, 3.05) is 0 Å². The first-order chi connectivity index (χ1) is 14.0. The number of ether oxygens (including phenoxy) is 1. The third kappa shape index (κ3) is 4.00. The fraction of sp³-hybridized carbons (Fsp3) is 0.300. The topological polar surface area (TPSA) is 92.8 Å². The van der Waals surface area contributed by atoms with Gasteiger partial charge in [-0.25, -0.2) is 12.7 Å². The number of carbonyl (C=O) groups excluding carboxylic acids is 2. The lowest BCUT2D eigenvalue weighted by atomic mass is 10.1. The Morgan fingerprint density at radius 1 is 1.10 bits per heavy atom. The minimum Gasteiger partial charge on any atom is -0.435 e. The summed E-state index contributed by atoms with van der Waals surface area (Å²) in [5, 5.41) is 2.68. The van der Waals surface area contributed by atoms with Crippen LogP contribution >= 0.6 is 0 Å². The molecule has 1 atom stereocenters. The summed E-state index contributed by atoms with van der Waals surface area (Å²) in [6, 6.07) is 8.62. The second-order valence-corrected chi connectivity index (χ2v) is 8.84. The molecule has 0 fully saturated rings. The number of benzene rings is 2. The van der Waals surface area contributed by atoms with Crippen LogP contribution in [0.5, 0.6) is 5.75 Å². The average molecular weight is 438 g/mol. The molecule has 7 nitrogen and oxygen atoms in total. The van der Waals surface area contributed by atoms with E-state index in [1.54, 1.807) is 26.8 Å². The number of alkyl halides is 2. The molecule has 1 heterocycles. The second-order valence-electron chi connectivity index (χ2n) is 7.06. The molecule has 0 radical (unpaired) electrons. The maximum atomic E-state index is 12.7. The van der Waals surface area contributed by atoms with Crippen molar-refractivity contribution in [3.8, 4) is 5.75 Å². The number of carbonyl (C=O) groups is 2. The van der Waals surface area contributed by atoms with Crippen molar-refractivity contribution in [3.63, 3.8) is 0 Å². The van der Waals surface area contributed by atoms with E-state index in [0.29, 0.717) is 5.56 Å². The van der Waals surface area contributed by atoms with Gasteiger partial charge in [0, 0.05) is 11.6 Å². The van der Waals surface area contributed by atoms with E-state index in [2.05, 4.69) is 10.1 Å². The molecule has 1 aliphatic rings. The van der Waals surface area contributed by atoms with Gasteiger partial charge in [-0.05, 0) is 56.7 Å². The van der Waals surface area contributed by atoms with Crippen LogP contribution in [-0.2, 0) is 10.0 Å². The quantitative estimate of drug-likeness (QED) is 0.747. The maximum absolute atomic E-state index is 12.7. The number of hydrogen-bond donors (Lipinski definition) is 1. The average Bonchev–Trinajstić information content (AvgIpc) is 2.86. The molecule has 0 aliphatic carbocycles. The zero-order valence-corrected chi connectivity index (χ0v) is 17.2. The Bertz CT molecular complexity index is 1100. The van der Waals surface area contributed by atoms with Gasteiger partial charge < -0.3 is 10.1 Å². The van der Waals surface area contributed by atoms with Crippen molar-refractivity contribution in [2.24, 2.45) is 0 Å². The van der Waals surface area contributed by atoms with Crippen LogP contribution in [0.4, 0.5) is 8.78 Å². The Morgan fingerprint density at radius 2 is 1.80 bits per heavy atom. The molecule has 1 unspecified atom stereocenters. The predicted octanol–water partition coefficient (Wildman–Crippen LogP) is 3.33. The zero-order valence-electron chi connectivity index (χ0n) is 16.4. The Morgan fingerprint density at radius 3 is 2.43 bits per heavy atom. The van der Waals surface area contributed by atoms with Crippen LogP contribution in [0, 0.1) is 0 Å². The van der Waals surface area contributed by atoms with Gasteiger partial charge in [-0.2, -0.15) is 8.78 Å². The highest BCUT2D eigenvalue weighted by atomic mass is 32.2. The summed E-state index contributed by atoms with van der Waals surface area (Å²) in [5.41, 5.74) is 0.601. The van der Waals surface area contributed by atoms with Crippen LogP contribution in [-0.4, -0.2) is 37.2 Å². The third-order valence-corrected chi connectivity index (χ3v) is 6.61. The molecule has 2 amide bonds. The van der Waals surface area contributed by atoms with Crippen molar-refractivity contribution in [2.45, 2.75) is 44.4 Å². The lowest BCUT2D eigenvalue weighted by Crippen LogP contribution is -2.36. The molecule has 10 heteroatoms. The molecular formula is C20H20F2N2O5S. The molecule has 1 N–H and O–H groups in total. The fourth-order valence-electron chi connectivity index (χ4n) is 3.22. The fourth-order valence-corrected chi connectivity index (χ4v) is 5.02. The van der Waals surface area contributed by atoms with Gasteiger partial charge >= 0.3 is 6.61 Å². The largest absolute Gasteiger partial charge is 0.435 e. The SMILES string of the molecule is CC(NC(=O)c1ccc2c(c1)S(=O)(=O)N(C(C)C)C2=O)c1cccc(OC(F)F)c1. The van der Waals surface area contributed by atoms with Crippen LogP contribution in [0.2, 0.25) is 0 Å². The molecule has 2 aromatic rings. The lowest BCUT2D eigenvalue weighted by molar-refractivity contribution is -0.0499. The van der Waals surface area contributed by atoms with Gasteiger partial charge in [0.25, 0.3) is 21.8 Å². The van der Waals surface area contributed by atoms with E-state index >= 15 is 0 Å². The van der Waals surface area contributed by atoms with Crippen molar-refractivity contribution >= 4 is 21.8 Å². The standard InChI is InChI=1S/C20H20F2N2O5S/c1-11(2)24-19(26)16-8-7-14(10-17(16)30(24,27)28)18(25)23-12(3)13-5-4-6-15(9-13)29-20(21)22/h4-12,20H,1-3H3,(H,23,25). The second kappa shape index (κ2) is 8.02. The summed E-state index contributed by atoms with van der Waals surface area (Å²) < 4.78 is 55.3. The van der Waals surface area contributed by atoms with Gasteiger partial charge in [0.1, 0.15) is 10.6 Å². The van der Waals surface area contributed by atoms with Gasteiger partial charge in [0.2, 0.25) is 0 Å². The number of nitrogens with one attached hydrogen (secondary N) is 1. The lowest BCUT2D eigenvalue weighted by Gasteiger charge is -2.18. The first-order valence-corrected chi connectivity index (χ1v) is 10.5. The highest BCUT2D eigenvalue weighted by molar-refractivity contribution is 7.90. The maximum Gasteiger partial charge on any atom is 0.387 e. The van der Waals surface area contributed by atoms with Crippen molar-refractivity contribution in [1.82, 2.24) is 9.62 Å². The molecule has 0 spiro atoms. The molecule has 30 heavy (non-hydrogen) atoms. The molecule has 0 saturated carbocycles. The van der Waals surface area contributed by atoms with Gasteiger partial charge in [-0.15, -0.1) is 0 Å². The van der Waals surface area contributed by atoms with Gasteiger partial charge in [0.15, 0.2) is 0 Å². The molecule has 0 aromatic heterocycles.